The molecule has 1 N–H and O–H groups in total. The highest BCUT2D eigenvalue weighted by Crippen LogP contribution is 2.25. The van der Waals surface area contributed by atoms with Crippen LogP contribution in [0.3, 0.4) is 0 Å². The zero-order chi connectivity index (χ0) is 18.3. The minimum absolute atomic E-state index is 0.108. The second-order valence-corrected chi connectivity index (χ2v) is 6.59. The lowest BCUT2D eigenvalue weighted by molar-refractivity contribution is 0.102. The van der Waals surface area contributed by atoms with Gasteiger partial charge in [0.15, 0.2) is 5.65 Å². The van der Waals surface area contributed by atoms with Crippen LogP contribution < -0.4 is 5.32 Å². The van der Waals surface area contributed by atoms with Gasteiger partial charge in [0, 0.05) is 17.8 Å². The first-order valence-electron chi connectivity index (χ1n) is 7.69. The predicted molar refractivity (Wildman–Crippen MR) is 95.3 cm³/mol. The largest absolute Gasteiger partial charge is 0.318 e. The molecule has 5 nitrogen and oxygen atoms in total. The van der Waals surface area contributed by atoms with Crippen molar-refractivity contribution in [3.05, 3.63) is 70.9 Å². The van der Waals surface area contributed by atoms with Gasteiger partial charge in [0.05, 0.1) is 10.6 Å². The number of benzene rings is 1. The SMILES string of the molecule is Cc1cc(C(=O)Nc2ccc(F)cc2F)nc2cc(-c3cccs3)nn12. The summed E-state index contributed by atoms with van der Waals surface area (Å²) in [5, 5.41) is 8.86. The molecule has 3 aromatic heterocycles. The van der Waals surface area contributed by atoms with E-state index in [1.54, 1.807) is 34.9 Å². The lowest BCUT2D eigenvalue weighted by atomic mass is 10.2. The summed E-state index contributed by atoms with van der Waals surface area (Å²) in [6.45, 7) is 1.80. The van der Waals surface area contributed by atoms with Crippen molar-refractivity contribution in [3.63, 3.8) is 0 Å². The molecule has 0 unspecified atom stereocenters. The lowest BCUT2D eigenvalue weighted by Gasteiger charge is -2.07. The molecule has 4 rings (SSSR count). The number of aryl methyl sites for hydroxylation is 1. The van der Waals surface area contributed by atoms with Gasteiger partial charge in [0.25, 0.3) is 5.91 Å². The van der Waals surface area contributed by atoms with E-state index in [1.165, 1.54) is 6.07 Å². The van der Waals surface area contributed by atoms with Crippen LogP contribution in [-0.4, -0.2) is 20.5 Å². The van der Waals surface area contributed by atoms with E-state index in [0.29, 0.717) is 17.4 Å². The maximum absolute atomic E-state index is 13.7. The van der Waals surface area contributed by atoms with Crippen LogP contribution in [0.1, 0.15) is 16.2 Å². The standard InChI is InChI=1S/C18H12F2N4OS/c1-10-7-15(18(25)22-13-5-4-11(19)8-12(13)20)21-17-9-14(23-24(10)17)16-3-2-6-26-16/h2-9H,1H3,(H,22,25). The number of amides is 1. The van der Waals surface area contributed by atoms with Crippen LogP contribution in [0.5, 0.6) is 0 Å². The molecule has 0 saturated heterocycles. The van der Waals surface area contributed by atoms with Gasteiger partial charge in [-0.2, -0.15) is 5.10 Å². The van der Waals surface area contributed by atoms with Crippen molar-refractivity contribution >= 4 is 28.6 Å². The van der Waals surface area contributed by atoms with Crippen LogP contribution in [0.25, 0.3) is 16.2 Å². The number of carbonyl (C=O) groups is 1. The summed E-state index contributed by atoms with van der Waals surface area (Å²) >= 11 is 1.56. The first-order chi connectivity index (χ1) is 12.5. The van der Waals surface area contributed by atoms with Crippen molar-refractivity contribution < 1.29 is 13.6 Å². The summed E-state index contributed by atoms with van der Waals surface area (Å²) in [6, 6.07) is 10.2. The highest BCUT2D eigenvalue weighted by atomic mass is 32.1. The molecule has 0 aliphatic heterocycles. The van der Waals surface area contributed by atoms with E-state index in [2.05, 4.69) is 15.4 Å². The molecular formula is C18H12F2N4OS. The number of carbonyl (C=O) groups excluding carboxylic acids is 1. The second-order valence-electron chi connectivity index (χ2n) is 5.64. The molecule has 0 aliphatic carbocycles. The summed E-state index contributed by atoms with van der Waals surface area (Å²) in [6.07, 6.45) is 0. The van der Waals surface area contributed by atoms with E-state index in [0.717, 1.165) is 16.6 Å². The molecule has 26 heavy (non-hydrogen) atoms. The van der Waals surface area contributed by atoms with Crippen LogP contribution in [0.4, 0.5) is 14.5 Å². The van der Waals surface area contributed by atoms with Gasteiger partial charge in [-0.25, -0.2) is 18.3 Å². The summed E-state index contributed by atoms with van der Waals surface area (Å²) in [7, 11) is 0. The van der Waals surface area contributed by atoms with E-state index in [-0.39, 0.29) is 11.4 Å². The Balaban J connectivity index is 1.69. The third-order valence-electron chi connectivity index (χ3n) is 3.79. The van der Waals surface area contributed by atoms with Crippen molar-refractivity contribution in [1.29, 1.82) is 0 Å². The molecule has 4 aromatic rings. The molecule has 1 aromatic carbocycles. The number of rotatable bonds is 3. The third kappa shape index (κ3) is 2.95. The number of hydrogen-bond donors (Lipinski definition) is 1. The first-order valence-corrected chi connectivity index (χ1v) is 8.57. The summed E-state index contributed by atoms with van der Waals surface area (Å²) in [5.74, 6) is -2.14. The fourth-order valence-corrected chi connectivity index (χ4v) is 3.24. The molecular weight excluding hydrogens is 358 g/mol. The molecule has 0 atom stereocenters. The summed E-state index contributed by atoms with van der Waals surface area (Å²) in [5.41, 5.74) is 2.00. The van der Waals surface area contributed by atoms with Crippen LogP contribution >= 0.6 is 11.3 Å². The Hall–Kier alpha value is -3.13. The smallest absolute Gasteiger partial charge is 0.274 e. The minimum atomic E-state index is -0.847. The Bertz CT molecular complexity index is 1120. The van der Waals surface area contributed by atoms with Crippen molar-refractivity contribution in [2.45, 2.75) is 6.92 Å². The van der Waals surface area contributed by atoms with Crippen LogP contribution in [0.2, 0.25) is 0 Å². The highest BCUT2D eigenvalue weighted by Gasteiger charge is 2.15. The molecule has 3 heterocycles. The number of thiophene rings is 1. The van der Waals surface area contributed by atoms with Gasteiger partial charge in [-0.05, 0) is 36.6 Å². The number of nitrogens with one attached hydrogen (secondary N) is 1. The van der Waals surface area contributed by atoms with E-state index >= 15 is 0 Å². The van der Waals surface area contributed by atoms with Crippen molar-refractivity contribution in [2.75, 3.05) is 5.32 Å². The fourth-order valence-electron chi connectivity index (χ4n) is 2.56. The minimum Gasteiger partial charge on any atom is -0.318 e. The Morgan fingerprint density at radius 3 is 2.77 bits per heavy atom. The maximum Gasteiger partial charge on any atom is 0.274 e. The van der Waals surface area contributed by atoms with Crippen LogP contribution in [0.15, 0.2) is 47.8 Å². The van der Waals surface area contributed by atoms with E-state index < -0.39 is 17.5 Å². The van der Waals surface area contributed by atoms with E-state index in [1.807, 2.05) is 17.5 Å². The molecule has 0 bridgehead atoms. The molecule has 130 valence electrons. The summed E-state index contributed by atoms with van der Waals surface area (Å²) < 4.78 is 28.4. The van der Waals surface area contributed by atoms with Gasteiger partial charge in [0.2, 0.25) is 0 Å². The topological polar surface area (TPSA) is 59.3 Å². The number of hydrogen-bond acceptors (Lipinski definition) is 4. The highest BCUT2D eigenvalue weighted by molar-refractivity contribution is 7.13. The van der Waals surface area contributed by atoms with Crippen LogP contribution in [0, 0.1) is 18.6 Å². The molecule has 0 saturated carbocycles. The Morgan fingerprint density at radius 1 is 1.19 bits per heavy atom. The average molecular weight is 370 g/mol. The normalized spacial score (nSPS) is 11.0. The molecule has 0 radical (unpaired) electrons. The van der Waals surface area contributed by atoms with E-state index in [9.17, 15) is 13.6 Å². The fraction of sp³-hybridized carbons (Fsp3) is 0.0556. The molecule has 0 fully saturated rings. The number of anilines is 1. The van der Waals surface area contributed by atoms with Gasteiger partial charge < -0.3 is 5.32 Å². The molecule has 1 amide bonds. The van der Waals surface area contributed by atoms with Gasteiger partial charge in [0.1, 0.15) is 23.0 Å². The van der Waals surface area contributed by atoms with Gasteiger partial charge in [-0.15, -0.1) is 11.3 Å². The van der Waals surface area contributed by atoms with Crippen LogP contribution in [-0.2, 0) is 0 Å². The zero-order valence-electron chi connectivity index (χ0n) is 13.5. The van der Waals surface area contributed by atoms with Gasteiger partial charge >= 0.3 is 0 Å². The molecule has 8 heteroatoms. The third-order valence-corrected chi connectivity index (χ3v) is 4.68. The maximum atomic E-state index is 13.7. The number of fused-ring (bicyclic) bond motifs is 1. The Morgan fingerprint density at radius 2 is 2.04 bits per heavy atom. The zero-order valence-corrected chi connectivity index (χ0v) is 14.3. The Kier molecular flexibility index (Phi) is 3.96. The van der Waals surface area contributed by atoms with Crippen molar-refractivity contribution in [1.82, 2.24) is 14.6 Å². The number of nitrogens with zero attached hydrogens (tertiary/aromatic N) is 3. The molecule has 0 aliphatic rings. The second kappa shape index (κ2) is 6.30. The quantitative estimate of drug-likeness (QED) is 0.585. The Labute approximate surface area is 150 Å². The average Bonchev–Trinajstić information content (AvgIpc) is 3.26. The number of aromatic nitrogens is 3. The monoisotopic (exact) mass is 370 g/mol. The predicted octanol–water partition coefficient (Wildman–Crippen LogP) is 4.30. The summed E-state index contributed by atoms with van der Waals surface area (Å²) in [4.78, 5) is 17.7. The first kappa shape index (κ1) is 16.3. The molecule has 0 spiro atoms. The van der Waals surface area contributed by atoms with Crippen molar-refractivity contribution in [2.24, 2.45) is 0 Å². The van der Waals surface area contributed by atoms with Gasteiger partial charge in [-0.1, -0.05) is 6.07 Å². The van der Waals surface area contributed by atoms with Gasteiger partial charge in [-0.3, -0.25) is 4.79 Å². The van der Waals surface area contributed by atoms with Crippen molar-refractivity contribution in [3.8, 4) is 10.6 Å². The number of halogens is 2. The van der Waals surface area contributed by atoms with E-state index in [4.69, 9.17) is 0 Å². The lowest BCUT2D eigenvalue weighted by Crippen LogP contribution is -2.16.